The Kier molecular flexibility index (Phi) is 5.54. The lowest BCUT2D eigenvalue weighted by Gasteiger charge is -2.09. The number of nitro groups is 1. The molecule has 0 spiro atoms. The van der Waals surface area contributed by atoms with E-state index < -0.39 is 35.1 Å². The van der Waals surface area contributed by atoms with Crippen LogP contribution >= 0.6 is 0 Å². The van der Waals surface area contributed by atoms with Gasteiger partial charge < -0.3 is 4.74 Å². The summed E-state index contributed by atoms with van der Waals surface area (Å²) in [4.78, 5) is 60.5. The first-order valence-electron chi connectivity index (χ1n) is 8.81. The van der Waals surface area contributed by atoms with Gasteiger partial charge in [0.15, 0.2) is 6.61 Å². The molecule has 1 aliphatic heterocycles. The van der Waals surface area contributed by atoms with E-state index in [0.29, 0.717) is 5.56 Å². The van der Waals surface area contributed by atoms with Gasteiger partial charge in [0.25, 0.3) is 17.5 Å². The second-order valence-electron chi connectivity index (χ2n) is 6.53. The zero-order valence-electron chi connectivity index (χ0n) is 15.9. The molecule has 0 saturated carbocycles. The van der Waals surface area contributed by atoms with Crippen LogP contribution in [0.25, 0.3) is 0 Å². The van der Waals surface area contributed by atoms with Crippen molar-refractivity contribution in [2.45, 2.75) is 6.92 Å². The predicted molar refractivity (Wildman–Crippen MR) is 104 cm³/mol. The van der Waals surface area contributed by atoms with Crippen molar-refractivity contribution >= 4 is 29.3 Å². The van der Waals surface area contributed by atoms with Crippen LogP contribution in [0, 0.1) is 17.0 Å². The summed E-state index contributed by atoms with van der Waals surface area (Å²) in [5, 5.41) is 11.0. The summed E-state index contributed by atoms with van der Waals surface area (Å²) in [7, 11) is 0. The first-order chi connectivity index (χ1) is 14.2. The van der Waals surface area contributed by atoms with Crippen LogP contribution in [0.3, 0.4) is 0 Å². The first kappa shape index (κ1) is 20.6. The van der Waals surface area contributed by atoms with E-state index >= 15 is 0 Å². The number of esters is 1. The molecule has 152 valence electrons. The Hall–Kier alpha value is -4.14. The molecule has 0 N–H and O–H groups in total. The molecule has 2 amide bonds. The van der Waals surface area contributed by atoms with Crippen molar-refractivity contribution in [3.8, 4) is 0 Å². The molecule has 0 bridgehead atoms. The molecule has 2 aromatic carbocycles. The molecule has 2 aromatic rings. The van der Waals surface area contributed by atoms with Gasteiger partial charge in [-0.1, -0.05) is 18.2 Å². The molecule has 9 nitrogen and oxygen atoms in total. The van der Waals surface area contributed by atoms with Crippen LogP contribution in [0.1, 0.15) is 47.0 Å². The highest BCUT2D eigenvalue weighted by atomic mass is 16.6. The number of aryl methyl sites for hydroxylation is 1. The number of amides is 2. The van der Waals surface area contributed by atoms with Crippen molar-refractivity contribution in [1.82, 2.24) is 4.90 Å². The lowest BCUT2D eigenvalue weighted by Crippen LogP contribution is -2.29. The number of carbonyl (C=O) groups is 4. The summed E-state index contributed by atoms with van der Waals surface area (Å²) in [6.45, 7) is 4.45. The van der Waals surface area contributed by atoms with Crippen LogP contribution in [0.15, 0.2) is 49.1 Å². The van der Waals surface area contributed by atoms with E-state index in [0.717, 1.165) is 11.0 Å². The third-order valence-corrected chi connectivity index (χ3v) is 4.58. The highest BCUT2D eigenvalue weighted by Crippen LogP contribution is 2.24. The lowest BCUT2D eigenvalue weighted by atomic mass is 10.1. The van der Waals surface area contributed by atoms with Gasteiger partial charge in [-0.15, -0.1) is 6.58 Å². The molecule has 0 atom stereocenters. The van der Waals surface area contributed by atoms with Crippen LogP contribution in [0.4, 0.5) is 5.69 Å². The molecule has 30 heavy (non-hydrogen) atoms. The minimum absolute atomic E-state index is 0.00182. The summed E-state index contributed by atoms with van der Waals surface area (Å²) >= 11 is 0. The number of ether oxygens (including phenoxy) is 1. The number of fused-ring (bicyclic) bond motifs is 1. The topological polar surface area (TPSA) is 124 Å². The number of ketones is 1. The van der Waals surface area contributed by atoms with Gasteiger partial charge in [-0.05, 0) is 25.1 Å². The van der Waals surface area contributed by atoms with Crippen molar-refractivity contribution in [2.75, 3.05) is 13.2 Å². The normalized spacial score (nSPS) is 12.5. The second-order valence-corrected chi connectivity index (χ2v) is 6.53. The number of imide groups is 1. The fourth-order valence-corrected chi connectivity index (χ4v) is 2.99. The van der Waals surface area contributed by atoms with Gasteiger partial charge in [0, 0.05) is 23.7 Å². The van der Waals surface area contributed by atoms with E-state index in [2.05, 4.69) is 6.58 Å². The van der Waals surface area contributed by atoms with Crippen LogP contribution in [-0.2, 0) is 4.74 Å². The van der Waals surface area contributed by atoms with Crippen LogP contribution in [-0.4, -0.2) is 46.5 Å². The van der Waals surface area contributed by atoms with Crippen LogP contribution < -0.4 is 0 Å². The number of benzene rings is 2. The Morgan fingerprint density at radius 1 is 1.10 bits per heavy atom. The smallest absolute Gasteiger partial charge is 0.338 e. The molecular formula is C21H16N2O7. The number of hydrogen-bond donors (Lipinski definition) is 0. The van der Waals surface area contributed by atoms with Crippen molar-refractivity contribution in [3.63, 3.8) is 0 Å². The molecule has 1 aliphatic rings. The van der Waals surface area contributed by atoms with E-state index in [-0.39, 0.29) is 34.5 Å². The third kappa shape index (κ3) is 3.72. The van der Waals surface area contributed by atoms with Gasteiger partial charge in [0.1, 0.15) is 0 Å². The third-order valence-electron chi connectivity index (χ3n) is 4.58. The molecule has 0 fully saturated rings. The zero-order chi connectivity index (χ0) is 22.0. The molecule has 1 heterocycles. The molecule has 0 aromatic heterocycles. The van der Waals surface area contributed by atoms with Gasteiger partial charge in [-0.3, -0.25) is 29.4 Å². The Bertz CT molecular complexity index is 1120. The van der Waals surface area contributed by atoms with Gasteiger partial charge in [-0.2, -0.15) is 0 Å². The van der Waals surface area contributed by atoms with E-state index in [1.165, 1.54) is 36.4 Å². The molecule has 0 radical (unpaired) electrons. The highest BCUT2D eigenvalue weighted by molar-refractivity contribution is 6.22. The summed E-state index contributed by atoms with van der Waals surface area (Å²) in [5.41, 5.74) is 0.459. The summed E-state index contributed by atoms with van der Waals surface area (Å²) < 4.78 is 4.99. The number of hydrogen-bond acceptors (Lipinski definition) is 7. The maximum Gasteiger partial charge on any atom is 0.338 e. The quantitative estimate of drug-likeness (QED) is 0.172. The second kappa shape index (κ2) is 8.08. The van der Waals surface area contributed by atoms with Gasteiger partial charge in [-0.25, -0.2) is 4.79 Å². The molecular weight excluding hydrogens is 392 g/mol. The summed E-state index contributed by atoms with van der Waals surface area (Å²) in [6, 6.07) is 7.88. The Morgan fingerprint density at radius 3 is 2.43 bits per heavy atom. The molecule has 0 unspecified atom stereocenters. The SMILES string of the molecule is C=CCN1C(=O)c2ccc(C(=O)OCC(=O)c3ccc(C)c([N+](=O)[O-])c3)cc2C1=O. The fourth-order valence-electron chi connectivity index (χ4n) is 2.99. The monoisotopic (exact) mass is 408 g/mol. The number of nitrogens with zero attached hydrogens (tertiary/aromatic N) is 2. The maximum atomic E-state index is 12.3. The summed E-state index contributed by atoms with van der Waals surface area (Å²) in [5.74, 6) is -2.51. The lowest BCUT2D eigenvalue weighted by molar-refractivity contribution is -0.385. The first-order valence-corrected chi connectivity index (χ1v) is 8.81. The van der Waals surface area contributed by atoms with Gasteiger partial charge in [0.05, 0.1) is 21.6 Å². The Morgan fingerprint density at radius 2 is 1.77 bits per heavy atom. The van der Waals surface area contributed by atoms with Crippen molar-refractivity contribution in [3.05, 3.63) is 87.0 Å². The number of nitro benzene ring substituents is 1. The van der Waals surface area contributed by atoms with E-state index in [1.54, 1.807) is 6.92 Å². The average Bonchev–Trinajstić information content (AvgIpc) is 2.96. The Balaban J connectivity index is 1.72. The van der Waals surface area contributed by atoms with E-state index in [4.69, 9.17) is 4.74 Å². The standard InChI is InChI=1S/C21H16N2O7/c1-3-8-22-19(25)15-7-6-14(9-16(15)20(22)26)21(27)30-11-18(24)13-5-4-12(2)17(10-13)23(28)29/h3-7,9-10H,1,8,11H2,2H3. The maximum absolute atomic E-state index is 12.3. The molecule has 0 aliphatic carbocycles. The van der Waals surface area contributed by atoms with Crippen LogP contribution in [0.2, 0.25) is 0 Å². The molecule has 9 heteroatoms. The number of Topliss-reactive ketones (excluding diaryl/α,β-unsaturated/α-hetero) is 1. The highest BCUT2D eigenvalue weighted by Gasteiger charge is 2.35. The van der Waals surface area contributed by atoms with Crippen LogP contribution in [0.5, 0.6) is 0 Å². The Labute approximate surface area is 170 Å². The molecule has 0 saturated heterocycles. The van der Waals surface area contributed by atoms with E-state index in [9.17, 15) is 29.3 Å². The fraction of sp³-hybridized carbons (Fsp3) is 0.143. The van der Waals surface area contributed by atoms with Gasteiger partial charge in [0.2, 0.25) is 5.78 Å². The predicted octanol–water partition coefficient (Wildman–Crippen LogP) is 2.72. The largest absolute Gasteiger partial charge is 0.454 e. The van der Waals surface area contributed by atoms with Gasteiger partial charge >= 0.3 is 5.97 Å². The minimum Gasteiger partial charge on any atom is -0.454 e. The van der Waals surface area contributed by atoms with Crippen molar-refractivity contribution in [2.24, 2.45) is 0 Å². The van der Waals surface area contributed by atoms with E-state index in [1.807, 2.05) is 0 Å². The average molecular weight is 408 g/mol. The zero-order valence-corrected chi connectivity index (χ0v) is 15.9. The van der Waals surface area contributed by atoms with Crippen molar-refractivity contribution in [1.29, 1.82) is 0 Å². The number of carbonyl (C=O) groups excluding carboxylic acids is 4. The van der Waals surface area contributed by atoms with Crippen molar-refractivity contribution < 1.29 is 28.8 Å². The summed E-state index contributed by atoms with van der Waals surface area (Å²) in [6.07, 6.45) is 1.41. The number of rotatable bonds is 7. The minimum atomic E-state index is -0.866. The molecule has 3 rings (SSSR count).